The Hall–Kier alpha value is -1.84. The lowest BCUT2D eigenvalue weighted by molar-refractivity contribution is 0.00680. The van der Waals surface area contributed by atoms with Crippen LogP contribution in [0.5, 0.6) is 0 Å². The highest BCUT2D eigenvalue weighted by Gasteiger charge is 2.25. The highest BCUT2D eigenvalue weighted by atomic mass is 16.6. The second-order valence-electron chi connectivity index (χ2n) is 5.91. The summed E-state index contributed by atoms with van der Waals surface area (Å²) < 4.78 is 5.44. The van der Waals surface area contributed by atoms with Gasteiger partial charge in [0.15, 0.2) is 6.29 Å². The molecule has 0 bridgehead atoms. The molecule has 1 N–H and O–H groups in total. The highest BCUT2D eigenvalue weighted by molar-refractivity contribution is 5.99. The summed E-state index contributed by atoms with van der Waals surface area (Å²) in [5, 5.41) is 3.06. The molecule has 0 atom stereocenters. The van der Waals surface area contributed by atoms with E-state index in [1.54, 1.807) is 14.0 Å². The van der Waals surface area contributed by atoms with Crippen LogP contribution in [0.15, 0.2) is 0 Å². The third-order valence-electron chi connectivity index (χ3n) is 3.28. The van der Waals surface area contributed by atoms with Crippen molar-refractivity contribution in [2.24, 2.45) is 0 Å². The van der Waals surface area contributed by atoms with Gasteiger partial charge in [-0.2, -0.15) is 0 Å². The van der Waals surface area contributed by atoms with Crippen LogP contribution < -0.4 is 5.32 Å². The van der Waals surface area contributed by atoms with Gasteiger partial charge >= 0.3 is 5.97 Å². The molecule has 0 aliphatic heterocycles. The van der Waals surface area contributed by atoms with Crippen LogP contribution in [0.2, 0.25) is 0 Å². The van der Waals surface area contributed by atoms with Gasteiger partial charge in [0.2, 0.25) is 0 Å². The maximum atomic E-state index is 12.4. The first-order valence-electron chi connectivity index (χ1n) is 6.64. The van der Waals surface area contributed by atoms with Gasteiger partial charge in [0.1, 0.15) is 5.60 Å². The molecule has 1 rings (SSSR count). The largest absolute Gasteiger partial charge is 0.456 e. The standard InChI is InChI=1S/C16H23NO3/c1-9-12(8-18)10(2)14(17-7)11(3)13(9)15(19)20-16(4,5)6/h8,17H,1-7H3. The van der Waals surface area contributed by atoms with Gasteiger partial charge in [-0.1, -0.05) is 0 Å². The summed E-state index contributed by atoms with van der Waals surface area (Å²) in [6.07, 6.45) is 0.790. The van der Waals surface area contributed by atoms with Crippen LogP contribution in [0.3, 0.4) is 0 Å². The minimum atomic E-state index is -0.567. The first-order chi connectivity index (χ1) is 9.14. The van der Waals surface area contributed by atoms with Crippen LogP contribution >= 0.6 is 0 Å². The Morgan fingerprint density at radius 3 is 2.05 bits per heavy atom. The van der Waals surface area contributed by atoms with Crippen LogP contribution in [-0.4, -0.2) is 24.9 Å². The predicted molar refractivity (Wildman–Crippen MR) is 80.8 cm³/mol. The maximum Gasteiger partial charge on any atom is 0.339 e. The topological polar surface area (TPSA) is 55.4 Å². The summed E-state index contributed by atoms with van der Waals surface area (Å²) in [5.74, 6) is -0.396. The molecule has 0 unspecified atom stereocenters. The van der Waals surface area contributed by atoms with E-state index in [0.29, 0.717) is 16.7 Å². The summed E-state index contributed by atoms with van der Waals surface area (Å²) >= 11 is 0. The first kappa shape index (κ1) is 16.2. The predicted octanol–water partition coefficient (Wildman–Crippen LogP) is 3.42. The number of aldehydes is 1. The lowest BCUT2D eigenvalue weighted by Crippen LogP contribution is -2.25. The van der Waals surface area contributed by atoms with E-state index in [4.69, 9.17) is 4.74 Å². The third kappa shape index (κ3) is 3.00. The average Bonchev–Trinajstić information content (AvgIpc) is 2.27. The van der Waals surface area contributed by atoms with Crippen LogP contribution in [0.1, 0.15) is 58.2 Å². The zero-order valence-electron chi connectivity index (χ0n) is 13.3. The SMILES string of the molecule is CNc1c(C)c(C=O)c(C)c(C(=O)OC(C)(C)C)c1C. The van der Waals surface area contributed by atoms with Crippen molar-refractivity contribution >= 4 is 17.9 Å². The summed E-state index contributed by atoms with van der Waals surface area (Å²) in [5.41, 5.74) is 3.58. The molecular formula is C16H23NO3. The third-order valence-corrected chi connectivity index (χ3v) is 3.28. The Kier molecular flexibility index (Phi) is 4.58. The summed E-state index contributed by atoms with van der Waals surface area (Å²) in [6, 6.07) is 0. The summed E-state index contributed by atoms with van der Waals surface area (Å²) in [7, 11) is 1.78. The smallest absolute Gasteiger partial charge is 0.339 e. The van der Waals surface area contributed by atoms with Gasteiger partial charge in [-0.25, -0.2) is 4.79 Å². The number of hydrogen-bond acceptors (Lipinski definition) is 4. The number of benzene rings is 1. The Morgan fingerprint density at radius 1 is 1.10 bits per heavy atom. The maximum absolute atomic E-state index is 12.4. The molecule has 0 fully saturated rings. The molecule has 0 aliphatic rings. The quantitative estimate of drug-likeness (QED) is 0.679. The molecule has 0 saturated heterocycles. The number of nitrogens with one attached hydrogen (secondary N) is 1. The molecule has 0 aromatic heterocycles. The number of rotatable bonds is 3. The van der Waals surface area contributed by atoms with Crippen molar-refractivity contribution in [1.29, 1.82) is 0 Å². The molecule has 0 aliphatic carbocycles. The molecule has 1 aromatic carbocycles. The minimum absolute atomic E-state index is 0.396. The number of anilines is 1. The second kappa shape index (κ2) is 5.65. The molecule has 0 saturated carbocycles. The van der Waals surface area contributed by atoms with Gasteiger partial charge in [-0.3, -0.25) is 4.79 Å². The molecule has 110 valence electrons. The number of carbonyl (C=O) groups excluding carboxylic acids is 2. The fourth-order valence-corrected chi connectivity index (χ4v) is 2.43. The molecular weight excluding hydrogens is 254 g/mol. The van der Waals surface area contributed by atoms with Gasteiger partial charge in [-0.05, 0) is 58.2 Å². The van der Waals surface area contributed by atoms with E-state index < -0.39 is 11.6 Å². The van der Waals surface area contributed by atoms with Crippen molar-refractivity contribution in [2.75, 3.05) is 12.4 Å². The average molecular weight is 277 g/mol. The van der Waals surface area contributed by atoms with Gasteiger partial charge in [0.05, 0.1) is 5.56 Å². The monoisotopic (exact) mass is 277 g/mol. The van der Waals surface area contributed by atoms with Crippen molar-refractivity contribution < 1.29 is 14.3 Å². The minimum Gasteiger partial charge on any atom is -0.456 e. The fraction of sp³-hybridized carbons (Fsp3) is 0.500. The van der Waals surface area contributed by atoms with Crippen LogP contribution in [0, 0.1) is 20.8 Å². The molecule has 20 heavy (non-hydrogen) atoms. The second-order valence-corrected chi connectivity index (χ2v) is 5.91. The molecule has 0 spiro atoms. The molecule has 0 heterocycles. The van der Waals surface area contributed by atoms with Crippen molar-refractivity contribution in [2.45, 2.75) is 47.1 Å². The zero-order chi connectivity index (χ0) is 15.7. The van der Waals surface area contributed by atoms with Crippen molar-refractivity contribution in [3.8, 4) is 0 Å². The Balaban J connectivity index is 3.54. The molecule has 0 radical (unpaired) electrons. The fourth-order valence-electron chi connectivity index (χ4n) is 2.43. The van der Waals surface area contributed by atoms with E-state index in [9.17, 15) is 9.59 Å². The van der Waals surface area contributed by atoms with E-state index in [0.717, 1.165) is 23.1 Å². The van der Waals surface area contributed by atoms with Crippen LogP contribution in [0.25, 0.3) is 0 Å². The Bertz CT molecular complexity index is 554. The van der Waals surface area contributed by atoms with E-state index in [-0.39, 0.29) is 0 Å². The van der Waals surface area contributed by atoms with Gasteiger partial charge in [0.25, 0.3) is 0 Å². The lowest BCUT2D eigenvalue weighted by atomic mass is 9.91. The van der Waals surface area contributed by atoms with E-state index in [2.05, 4.69) is 5.32 Å². The normalized spacial score (nSPS) is 11.2. The Morgan fingerprint density at radius 2 is 1.65 bits per heavy atom. The molecule has 0 amide bonds. The van der Waals surface area contributed by atoms with E-state index in [1.165, 1.54) is 0 Å². The molecule has 4 heteroatoms. The van der Waals surface area contributed by atoms with Gasteiger partial charge < -0.3 is 10.1 Å². The zero-order valence-corrected chi connectivity index (χ0v) is 13.3. The number of hydrogen-bond donors (Lipinski definition) is 1. The number of carbonyl (C=O) groups is 2. The van der Waals surface area contributed by atoms with Crippen molar-refractivity contribution in [3.63, 3.8) is 0 Å². The number of esters is 1. The van der Waals surface area contributed by atoms with E-state index >= 15 is 0 Å². The first-order valence-corrected chi connectivity index (χ1v) is 6.64. The van der Waals surface area contributed by atoms with Crippen LogP contribution in [0.4, 0.5) is 5.69 Å². The number of ether oxygens (including phenoxy) is 1. The van der Waals surface area contributed by atoms with E-state index in [1.807, 2.05) is 34.6 Å². The molecule has 1 aromatic rings. The summed E-state index contributed by atoms with van der Waals surface area (Å²) in [6.45, 7) is 11.0. The Labute approximate surface area is 120 Å². The molecule has 4 nitrogen and oxygen atoms in total. The lowest BCUT2D eigenvalue weighted by Gasteiger charge is -2.23. The van der Waals surface area contributed by atoms with Crippen LogP contribution in [-0.2, 0) is 4.74 Å². The van der Waals surface area contributed by atoms with Crippen molar-refractivity contribution in [3.05, 3.63) is 27.8 Å². The van der Waals surface area contributed by atoms with Gasteiger partial charge in [-0.15, -0.1) is 0 Å². The van der Waals surface area contributed by atoms with Crippen molar-refractivity contribution in [1.82, 2.24) is 0 Å². The van der Waals surface area contributed by atoms with Gasteiger partial charge in [0, 0.05) is 18.3 Å². The summed E-state index contributed by atoms with van der Waals surface area (Å²) in [4.78, 5) is 23.7. The highest BCUT2D eigenvalue weighted by Crippen LogP contribution is 2.31.